The van der Waals surface area contributed by atoms with E-state index in [1.165, 1.54) is 55.6 Å². The predicted molar refractivity (Wildman–Crippen MR) is 125 cm³/mol. The average molecular weight is 419 g/mol. The first kappa shape index (κ1) is 20.6. The molecule has 3 aliphatic rings. The van der Waals surface area contributed by atoms with Gasteiger partial charge in [-0.25, -0.2) is 0 Å². The molecule has 2 aromatic rings. The Morgan fingerprint density at radius 3 is 2.29 bits per heavy atom. The van der Waals surface area contributed by atoms with Gasteiger partial charge in [-0.15, -0.1) is 0 Å². The summed E-state index contributed by atoms with van der Waals surface area (Å²) in [4.78, 5) is 17.9. The van der Waals surface area contributed by atoms with Crippen LogP contribution in [0.3, 0.4) is 0 Å². The molecular weight excluding hydrogens is 384 g/mol. The molecule has 164 valence electrons. The van der Waals surface area contributed by atoms with Crippen molar-refractivity contribution >= 4 is 11.7 Å². The zero-order chi connectivity index (χ0) is 21.2. The van der Waals surface area contributed by atoms with Crippen molar-refractivity contribution in [3.63, 3.8) is 0 Å². The summed E-state index contributed by atoms with van der Waals surface area (Å²) >= 11 is 0. The number of hydrogen-bond donors (Lipinski definition) is 0. The summed E-state index contributed by atoms with van der Waals surface area (Å²) in [6, 6.07) is 20.1. The van der Waals surface area contributed by atoms with Crippen molar-refractivity contribution in [3.8, 4) is 0 Å². The van der Waals surface area contributed by atoms with Crippen LogP contribution in [0.2, 0.25) is 0 Å². The van der Waals surface area contributed by atoms with Gasteiger partial charge in [-0.2, -0.15) is 0 Å². The van der Waals surface area contributed by atoms with Crippen molar-refractivity contribution in [2.45, 2.75) is 50.5 Å². The lowest BCUT2D eigenvalue weighted by Crippen LogP contribution is -2.43. The minimum absolute atomic E-state index is 0.0572. The van der Waals surface area contributed by atoms with Gasteiger partial charge < -0.3 is 14.5 Å². The summed E-state index contributed by atoms with van der Waals surface area (Å²) in [7, 11) is 0. The quantitative estimate of drug-likeness (QED) is 0.630. The van der Waals surface area contributed by atoms with Gasteiger partial charge in [-0.05, 0) is 69.0 Å². The molecule has 2 aliphatic heterocycles. The van der Waals surface area contributed by atoms with E-state index in [-0.39, 0.29) is 23.7 Å². The molecule has 0 amide bonds. The van der Waals surface area contributed by atoms with Crippen LogP contribution in [0, 0.1) is 5.92 Å². The van der Waals surface area contributed by atoms with Gasteiger partial charge in [0, 0.05) is 36.7 Å². The third kappa shape index (κ3) is 4.23. The Morgan fingerprint density at radius 2 is 1.58 bits per heavy atom. The number of ether oxygens (including phenoxy) is 1. The van der Waals surface area contributed by atoms with Gasteiger partial charge in [-0.3, -0.25) is 4.79 Å². The number of piperidine rings is 1. The third-order valence-electron chi connectivity index (χ3n) is 7.50. The van der Waals surface area contributed by atoms with Crippen LogP contribution >= 0.6 is 0 Å². The Balaban J connectivity index is 1.31. The van der Waals surface area contributed by atoms with Crippen molar-refractivity contribution in [2.24, 2.45) is 5.92 Å². The zero-order valence-corrected chi connectivity index (χ0v) is 18.6. The minimum atomic E-state index is -0.0708. The van der Waals surface area contributed by atoms with Gasteiger partial charge in [0.1, 0.15) is 0 Å². The van der Waals surface area contributed by atoms with Gasteiger partial charge in [0.05, 0.1) is 12.5 Å². The van der Waals surface area contributed by atoms with Crippen LogP contribution in [0.25, 0.3) is 0 Å². The van der Waals surface area contributed by atoms with Gasteiger partial charge in [0.15, 0.2) is 0 Å². The fourth-order valence-electron chi connectivity index (χ4n) is 5.87. The van der Waals surface area contributed by atoms with E-state index < -0.39 is 0 Å². The largest absolute Gasteiger partial charge is 0.466 e. The average Bonchev–Trinajstić information content (AvgIpc) is 3.34. The molecule has 0 bridgehead atoms. The van der Waals surface area contributed by atoms with Crippen molar-refractivity contribution in [1.29, 1.82) is 0 Å². The van der Waals surface area contributed by atoms with E-state index in [0.717, 1.165) is 19.1 Å². The van der Waals surface area contributed by atoms with E-state index in [1.807, 2.05) is 13.0 Å². The second-order valence-electron chi connectivity index (χ2n) is 9.30. The van der Waals surface area contributed by atoms with Crippen LogP contribution in [-0.4, -0.2) is 49.7 Å². The Hall–Kier alpha value is -2.33. The molecule has 1 saturated carbocycles. The number of benzene rings is 2. The maximum absolute atomic E-state index is 12.7. The second kappa shape index (κ2) is 9.04. The lowest BCUT2D eigenvalue weighted by atomic mass is 10.0. The molecule has 4 nitrogen and oxygen atoms in total. The third-order valence-corrected chi connectivity index (χ3v) is 7.50. The molecule has 2 aromatic carbocycles. The number of carbonyl (C=O) groups is 1. The molecular formula is C27H34N2O2. The van der Waals surface area contributed by atoms with Gasteiger partial charge in [0.25, 0.3) is 0 Å². The summed E-state index contributed by atoms with van der Waals surface area (Å²) in [6.45, 7) is 7.15. The summed E-state index contributed by atoms with van der Waals surface area (Å²) < 4.78 is 5.42. The van der Waals surface area contributed by atoms with Crippen LogP contribution in [0.5, 0.6) is 0 Å². The normalized spacial score (nSPS) is 26.7. The number of carbonyl (C=O) groups excluding carboxylic acids is 1. The second-order valence-corrected chi connectivity index (χ2v) is 9.30. The molecule has 5 rings (SSSR count). The van der Waals surface area contributed by atoms with E-state index in [2.05, 4.69) is 58.3 Å². The smallest absolute Gasteiger partial charge is 0.310 e. The van der Waals surface area contributed by atoms with Crippen LogP contribution in [0.4, 0.5) is 5.69 Å². The fourth-order valence-corrected chi connectivity index (χ4v) is 5.87. The van der Waals surface area contributed by atoms with Crippen molar-refractivity contribution in [1.82, 2.24) is 4.90 Å². The highest BCUT2D eigenvalue weighted by molar-refractivity contribution is 5.80. The molecule has 0 unspecified atom stereocenters. The van der Waals surface area contributed by atoms with E-state index in [0.29, 0.717) is 6.61 Å². The highest BCUT2D eigenvalue weighted by atomic mass is 16.5. The predicted octanol–water partition coefficient (Wildman–Crippen LogP) is 4.81. The first-order valence-electron chi connectivity index (χ1n) is 12.1. The summed E-state index contributed by atoms with van der Waals surface area (Å²) in [5, 5.41) is 0. The molecule has 31 heavy (non-hydrogen) atoms. The molecule has 4 heteroatoms. The van der Waals surface area contributed by atoms with Gasteiger partial charge >= 0.3 is 5.97 Å². The highest BCUT2D eigenvalue weighted by Gasteiger charge is 2.57. The number of nitrogens with zero attached hydrogens (tertiary/aromatic N) is 2. The fraction of sp³-hybridized carbons (Fsp3) is 0.519. The van der Waals surface area contributed by atoms with Crippen LogP contribution in [0.15, 0.2) is 54.6 Å². The molecule has 0 aromatic heterocycles. The van der Waals surface area contributed by atoms with E-state index in [4.69, 9.17) is 4.74 Å². The Labute approximate surface area is 186 Å². The standard InChI is InChI=1S/C27H34N2O2/c1-2-31-27(30)26-24(20-9-4-3-5-10-20)25(26)21-11-8-12-23(19-21)29-17-13-22(14-18-29)28-15-6-7-16-28/h3-5,8-12,19,22,24-26H,2,6-7,13-18H2,1H3/t24-,25-,26-/m1/s1. The molecule has 0 N–H and O–H groups in total. The molecule has 2 saturated heterocycles. The SMILES string of the molecule is CCOC(=O)[C@@H]1[C@H](c2ccccc2)[C@H]1c1cccc(N2CCC(N3CCCC3)CC2)c1. The van der Waals surface area contributed by atoms with E-state index in [1.54, 1.807) is 0 Å². The maximum atomic E-state index is 12.7. The molecule has 1 aliphatic carbocycles. The lowest BCUT2D eigenvalue weighted by Gasteiger charge is -2.38. The van der Waals surface area contributed by atoms with Crippen LogP contribution < -0.4 is 4.90 Å². The maximum Gasteiger partial charge on any atom is 0.310 e. The number of rotatable bonds is 6. The van der Waals surface area contributed by atoms with Gasteiger partial charge in [0.2, 0.25) is 0 Å². The van der Waals surface area contributed by atoms with E-state index >= 15 is 0 Å². The molecule has 0 spiro atoms. The highest BCUT2D eigenvalue weighted by Crippen LogP contribution is 2.61. The molecule has 3 atom stereocenters. The van der Waals surface area contributed by atoms with Crippen molar-refractivity contribution < 1.29 is 9.53 Å². The van der Waals surface area contributed by atoms with Crippen LogP contribution in [-0.2, 0) is 9.53 Å². The Bertz CT molecular complexity index is 885. The molecule has 2 heterocycles. The van der Waals surface area contributed by atoms with Crippen molar-refractivity contribution in [2.75, 3.05) is 37.7 Å². The number of likely N-dealkylation sites (tertiary alicyclic amines) is 1. The monoisotopic (exact) mass is 418 g/mol. The first-order chi connectivity index (χ1) is 15.3. The minimum Gasteiger partial charge on any atom is -0.466 e. The molecule has 0 radical (unpaired) electrons. The van der Waals surface area contributed by atoms with Crippen molar-refractivity contribution in [3.05, 3.63) is 65.7 Å². The van der Waals surface area contributed by atoms with Gasteiger partial charge in [-0.1, -0.05) is 42.5 Å². The topological polar surface area (TPSA) is 32.8 Å². The van der Waals surface area contributed by atoms with Crippen LogP contribution in [0.1, 0.15) is 55.6 Å². The Morgan fingerprint density at radius 1 is 0.903 bits per heavy atom. The van der Waals surface area contributed by atoms with E-state index in [9.17, 15) is 4.79 Å². The first-order valence-corrected chi connectivity index (χ1v) is 12.1. The molecule has 3 fully saturated rings. The summed E-state index contributed by atoms with van der Waals surface area (Å²) in [5.74, 6) is 0.302. The zero-order valence-electron chi connectivity index (χ0n) is 18.6. The number of anilines is 1. The summed E-state index contributed by atoms with van der Waals surface area (Å²) in [5.41, 5.74) is 3.81. The summed E-state index contributed by atoms with van der Waals surface area (Å²) in [6.07, 6.45) is 5.25. The lowest BCUT2D eigenvalue weighted by molar-refractivity contribution is -0.144. The Kier molecular flexibility index (Phi) is 5.99. The number of hydrogen-bond acceptors (Lipinski definition) is 4. The number of esters is 1.